The van der Waals surface area contributed by atoms with Gasteiger partial charge in [-0.3, -0.25) is 19.1 Å². The molecule has 144 valence electrons. The number of pyridine rings is 1. The van der Waals surface area contributed by atoms with Gasteiger partial charge in [-0.15, -0.1) is 0 Å². The zero-order chi connectivity index (χ0) is 19.6. The van der Waals surface area contributed by atoms with Crippen molar-refractivity contribution in [2.24, 2.45) is 13.0 Å². The molecule has 1 aliphatic carbocycles. The predicted octanol–water partition coefficient (Wildman–Crippen LogP) is 0.907. The molecule has 1 aliphatic rings. The normalized spacial score (nSPS) is 14.6. The van der Waals surface area contributed by atoms with Crippen LogP contribution < -0.4 is 16.2 Å². The molecule has 8 nitrogen and oxygen atoms in total. The molecule has 2 aromatic heterocycles. The Morgan fingerprint density at radius 1 is 1.37 bits per heavy atom. The van der Waals surface area contributed by atoms with Crippen molar-refractivity contribution in [2.45, 2.75) is 39.3 Å². The molecule has 1 saturated carbocycles. The molecule has 0 bridgehead atoms. The summed E-state index contributed by atoms with van der Waals surface area (Å²) in [5.74, 6) is -0.160. The van der Waals surface area contributed by atoms with E-state index >= 15 is 0 Å². The summed E-state index contributed by atoms with van der Waals surface area (Å²) in [6.45, 7) is 4.24. The summed E-state index contributed by atoms with van der Waals surface area (Å²) >= 11 is 0. The summed E-state index contributed by atoms with van der Waals surface area (Å²) in [7, 11) is 1.84. The minimum Gasteiger partial charge on any atom is -0.352 e. The van der Waals surface area contributed by atoms with Gasteiger partial charge in [0, 0.05) is 31.0 Å². The second-order valence-electron chi connectivity index (χ2n) is 7.11. The summed E-state index contributed by atoms with van der Waals surface area (Å²) in [4.78, 5) is 37.1. The maximum Gasteiger partial charge on any atom is 0.263 e. The van der Waals surface area contributed by atoms with E-state index in [9.17, 15) is 14.4 Å². The monoisotopic (exact) mass is 371 g/mol. The van der Waals surface area contributed by atoms with Crippen molar-refractivity contribution in [3.63, 3.8) is 0 Å². The van der Waals surface area contributed by atoms with E-state index in [1.165, 1.54) is 16.8 Å². The highest BCUT2D eigenvalue weighted by molar-refractivity contribution is 5.93. The molecule has 1 fully saturated rings. The van der Waals surface area contributed by atoms with Gasteiger partial charge in [0.15, 0.2) is 0 Å². The van der Waals surface area contributed by atoms with Gasteiger partial charge in [-0.2, -0.15) is 5.10 Å². The van der Waals surface area contributed by atoms with Gasteiger partial charge in [0.05, 0.1) is 12.2 Å². The molecule has 0 aromatic carbocycles. The van der Waals surface area contributed by atoms with Gasteiger partial charge >= 0.3 is 0 Å². The number of carbonyl (C=O) groups is 2. The number of nitrogens with one attached hydrogen (secondary N) is 2. The quantitative estimate of drug-likeness (QED) is 0.756. The number of nitrogens with zero attached hydrogens (tertiary/aromatic N) is 3. The largest absolute Gasteiger partial charge is 0.352 e. The standard InChI is InChI=1S/C19H25N5O3/c1-12(16-10-21-23(3)13(16)2)22-17(25)11-24-8-4-5-15(19(24)27)18(26)20-9-14-6-7-14/h4-5,8,10,12,14H,6-7,9,11H2,1-3H3,(H,20,26)(H,22,25)/t12-/m0/s1. The van der Waals surface area contributed by atoms with Crippen LogP contribution in [0.5, 0.6) is 0 Å². The lowest BCUT2D eigenvalue weighted by Gasteiger charge is -2.15. The smallest absolute Gasteiger partial charge is 0.263 e. The number of hydrogen-bond donors (Lipinski definition) is 2. The van der Waals surface area contributed by atoms with Gasteiger partial charge in [0.1, 0.15) is 12.1 Å². The van der Waals surface area contributed by atoms with Crippen molar-refractivity contribution in [3.8, 4) is 0 Å². The predicted molar refractivity (Wildman–Crippen MR) is 100 cm³/mol. The fraction of sp³-hybridized carbons (Fsp3) is 0.474. The molecule has 3 rings (SSSR count). The zero-order valence-corrected chi connectivity index (χ0v) is 15.9. The van der Waals surface area contributed by atoms with Gasteiger partial charge in [-0.05, 0) is 44.7 Å². The molecule has 27 heavy (non-hydrogen) atoms. The minimum atomic E-state index is -0.467. The molecular formula is C19H25N5O3. The van der Waals surface area contributed by atoms with Crippen LogP contribution in [0, 0.1) is 12.8 Å². The maximum atomic E-state index is 12.5. The third-order valence-corrected chi connectivity index (χ3v) is 4.94. The number of carbonyl (C=O) groups excluding carboxylic acids is 2. The van der Waals surface area contributed by atoms with Crippen LogP contribution in [0.1, 0.15) is 47.4 Å². The molecule has 0 radical (unpaired) electrons. The fourth-order valence-corrected chi connectivity index (χ4v) is 2.95. The Bertz CT molecular complexity index is 910. The van der Waals surface area contributed by atoms with Crippen molar-refractivity contribution >= 4 is 11.8 Å². The maximum absolute atomic E-state index is 12.5. The molecule has 0 spiro atoms. The van der Waals surface area contributed by atoms with Crippen LogP contribution in [-0.2, 0) is 18.4 Å². The Kier molecular flexibility index (Phi) is 5.43. The molecule has 2 aromatic rings. The van der Waals surface area contributed by atoms with Gasteiger partial charge in [-0.1, -0.05) is 0 Å². The topological polar surface area (TPSA) is 98.0 Å². The number of aromatic nitrogens is 3. The van der Waals surface area contributed by atoms with E-state index in [4.69, 9.17) is 0 Å². The first-order valence-electron chi connectivity index (χ1n) is 9.12. The van der Waals surface area contributed by atoms with Crippen molar-refractivity contribution in [3.05, 3.63) is 51.7 Å². The van der Waals surface area contributed by atoms with Crippen LogP contribution >= 0.6 is 0 Å². The van der Waals surface area contributed by atoms with Crippen LogP contribution in [0.25, 0.3) is 0 Å². The van der Waals surface area contributed by atoms with Crippen molar-refractivity contribution in [1.29, 1.82) is 0 Å². The molecule has 2 N–H and O–H groups in total. The first kappa shape index (κ1) is 18.9. The Labute approximate surface area is 157 Å². The van der Waals surface area contributed by atoms with Crippen LogP contribution in [0.2, 0.25) is 0 Å². The summed E-state index contributed by atoms with van der Waals surface area (Å²) in [6.07, 6.45) is 5.47. The molecular weight excluding hydrogens is 346 g/mol. The van der Waals surface area contributed by atoms with E-state index in [1.54, 1.807) is 16.9 Å². The van der Waals surface area contributed by atoms with E-state index in [0.717, 1.165) is 24.1 Å². The van der Waals surface area contributed by atoms with Crippen LogP contribution in [0.3, 0.4) is 0 Å². The molecule has 2 amide bonds. The Balaban J connectivity index is 1.65. The third kappa shape index (κ3) is 4.45. The molecule has 0 saturated heterocycles. The highest BCUT2D eigenvalue weighted by Crippen LogP contribution is 2.27. The Hall–Kier alpha value is -2.90. The van der Waals surface area contributed by atoms with E-state index in [1.807, 2.05) is 20.9 Å². The highest BCUT2D eigenvalue weighted by Gasteiger charge is 2.23. The number of hydrogen-bond acceptors (Lipinski definition) is 4. The molecule has 0 unspecified atom stereocenters. The average Bonchev–Trinajstić information content (AvgIpc) is 3.39. The highest BCUT2D eigenvalue weighted by atomic mass is 16.2. The van der Waals surface area contributed by atoms with E-state index in [2.05, 4.69) is 15.7 Å². The van der Waals surface area contributed by atoms with Crippen molar-refractivity contribution < 1.29 is 9.59 Å². The van der Waals surface area contributed by atoms with Crippen LogP contribution in [-0.4, -0.2) is 32.7 Å². The number of aryl methyl sites for hydroxylation is 1. The number of rotatable bonds is 7. The van der Waals surface area contributed by atoms with Crippen molar-refractivity contribution in [2.75, 3.05) is 6.54 Å². The van der Waals surface area contributed by atoms with Gasteiger partial charge < -0.3 is 15.2 Å². The molecule has 8 heteroatoms. The summed E-state index contributed by atoms with van der Waals surface area (Å²) in [5.41, 5.74) is 1.48. The molecule has 0 aliphatic heterocycles. The Morgan fingerprint density at radius 3 is 2.74 bits per heavy atom. The second-order valence-corrected chi connectivity index (χ2v) is 7.11. The zero-order valence-electron chi connectivity index (χ0n) is 15.9. The van der Waals surface area contributed by atoms with Crippen molar-refractivity contribution in [1.82, 2.24) is 25.0 Å². The minimum absolute atomic E-state index is 0.0575. The lowest BCUT2D eigenvalue weighted by molar-refractivity contribution is -0.122. The van der Waals surface area contributed by atoms with Crippen LogP contribution in [0.15, 0.2) is 29.3 Å². The SMILES string of the molecule is Cc1c([C@H](C)NC(=O)Cn2cccc(C(=O)NCC3CC3)c2=O)cnn1C. The summed E-state index contributed by atoms with van der Waals surface area (Å²) < 4.78 is 3.00. The molecule has 1 atom stereocenters. The van der Waals surface area contributed by atoms with Gasteiger partial charge in [0.25, 0.3) is 11.5 Å². The fourth-order valence-electron chi connectivity index (χ4n) is 2.95. The summed E-state index contributed by atoms with van der Waals surface area (Å²) in [6, 6.07) is 2.86. The number of amides is 2. The van der Waals surface area contributed by atoms with E-state index in [0.29, 0.717) is 12.5 Å². The third-order valence-electron chi connectivity index (χ3n) is 4.94. The van der Waals surface area contributed by atoms with Crippen LogP contribution in [0.4, 0.5) is 0 Å². The van der Waals surface area contributed by atoms with E-state index in [-0.39, 0.29) is 30.0 Å². The second kappa shape index (κ2) is 7.77. The molecule has 2 heterocycles. The lowest BCUT2D eigenvalue weighted by atomic mass is 10.1. The lowest BCUT2D eigenvalue weighted by Crippen LogP contribution is -2.37. The average molecular weight is 371 g/mol. The van der Waals surface area contributed by atoms with Gasteiger partial charge in [-0.25, -0.2) is 0 Å². The van der Waals surface area contributed by atoms with Gasteiger partial charge in [0.2, 0.25) is 5.91 Å². The Morgan fingerprint density at radius 2 is 2.11 bits per heavy atom. The first-order valence-corrected chi connectivity index (χ1v) is 9.12. The summed E-state index contributed by atoms with van der Waals surface area (Å²) in [5, 5.41) is 9.83. The van der Waals surface area contributed by atoms with E-state index < -0.39 is 5.56 Å². The first-order chi connectivity index (χ1) is 12.9.